The normalized spacial score (nSPS) is 22.4. The number of rotatable bonds is 6. The molecule has 0 aromatic rings. The average molecular weight is 242 g/mol. The number of ether oxygens (including phenoxy) is 1. The Labute approximate surface area is 99.5 Å². The average Bonchev–Trinajstić information content (AvgIpc) is 2.30. The van der Waals surface area contributed by atoms with Crippen molar-refractivity contribution in [2.75, 3.05) is 6.61 Å². The van der Waals surface area contributed by atoms with E-state index in [9.17, 15) is 4.79 Å². The molecule has 0 aromatic heterocycles. The third kappa shape index (κ3) is 5.46. The lowest BCUT2D eigenvalue weighted by Crippen LogP contribution is -2.23. The van der Waals surface area contributed by atoms with Gasteiger partial charge in [-0.3, -0.25) is 0 Å². The summed E-state index contributed by atoms with van der Waals surface area (Å²) in [4.78, 5) is 10.9. The van der Waals surface area contributed by atoms with Crippen molar-refractivity contribution in [3.05, 3.63) is 12.7 Å². The van der Waals surface area contributed by atoms with E-state index < -0.39 is 9.04 Å². The quantitative estimate of drug-likeness (QED) is 0.408. The fourth-order valence-electron chi connectivity index (χ4n) is 1.97. The molecule has 1 heterocycles. The van der Waals surface area contributed by atoms with Crippen molar-refractivity contribution in [2.24, 2.45) is 0 Å². The highest BCUT2D eigenvalue weighted by atomic mass is 28.3. The van der Waals surface area contributed by atoms with E-state index in [1.165, 1.54) is 31.0 Å². The summed E-state index contributed by atoms with van der Waals surface area (Å²) in [5.74, 6) is -0.321. The van der Waals surface area contributed by atoms with Crippen LogP contribution in [0.15, 0.2) is 12.7 Å². The molecule has 0 aliphatic carbocycles. The van der Waals surface area contributed by atoms with E-state index in [0.29, 0.717) is 0 Å². The van der Waals surface area contributed by atoms with E-state index in [0.717, 1.165) is 19.4 Å². The first kappa shape index (κ1) is 13.5. The Hall–Kier alpha value is -0.613. The SMILES string of the molecule is C=CC(=O)OC(C)CCC[SiH]1CCCCO1. The molecular weight excluding hydrogens is 220 g/mol. The highest BCUT2D eigenvalue weighted by Crippen LogP contribution is 2.17. The van der Waals surface area contributed by atoms with Crippen LogP contribution in [-0.4, -0.2) is 27.7 Å². The molecule has 1 aliphatic rings. The fourth-order valence-corrected chi connectivity index (χ4v) is 4.53. The number of carbonyl (C=O) groups excluding carboxylic acids is 1. The van der Waals surface area contributed by atoms with Crippen LogP contribution in [0, 0.1) is 0 Å². The van der Waals surface area contributed by atoms with Gasteiger partial charge in [0.15, 0.2) is 9.04 Å². The molecule has 1 rings (SSSR count). The van der Waals surface area contributed by atoms with Crippen molar-refractivity contribution in [3.8, 4) is 0 Å². The minimum absolute atomic E-state index is 0.00286. The van der Waals surface area contributed by atoms with Gasteiger partial charge in [-0.1, -0.05) is 19.4 Å². The minimum Gasteiger partial charge on any atom is -0.460 e. The van der Waals surface area contributed by atoms with E-state index in [2.05, 4.69) is 6.58 Å². The molecule has 0 saturated carbocycles. The first-order valence-electron chi connectivity index (χ1n) is 6.17. The molecule has 16 heavy (non-hydrogen) atoms. The molecule has 0 amide bonds. The van der Waals surface area contributed by atoms with Crippen LogP contribution in [-0.2, 0) is 14.0 Å². The minimum atomic E-state index is -0.889. The molecule has 2 unspecified atom stereocenters. The molecule has 4 heteroatoms. The summed E-state index contributed by atoms with van der Waals surface area (Å²) >= 11 is 0. The number of hydrogen-bond donors (Lipinski definition) is 0. The van der Waals surface area contributed by atoms with Gasteiger partial charge in [0, 0.05) is 12.7 Å². The van der Waals surface area contributed by atoms with Crippen molar-refractivity contribution in [1.82, 2.24) is 0 Å². The van der Waals surface area contributed by atoms with Crippen LogP contribution in [0.4, 0.5) is 0 Å². The van der Waals surface area contributed by atoms with E-state index in [4.69, 9.17) is 9.16 Å². The molecule has 92 valence electrons. The Kier molecular flexibility index (Phi) is 6.41. The van der Waals surface area contributed by atoms with Crippen molar-refractivity contribution < 1.29 is 14.0 Å². The Bertz CT molecular complexity index is 224. The number of esters is 1. The Morgan fingerprint density at radius 3 is 3.06 bits per heavy atom. The first-order valence-corrected chi connectivity index (χ1v) is 8.27. The summed E-state index contributed by atoms with van der Waals surface area (Å²) in [6.07, 6.45) is 5.85. The summed E-state index contributed by atoms with van der Waals surface area (Å²) in [6, 6.07) is 2.54. The zero-order chi connectivity index (χ0) is 11.8. The molecule has 1 aliphatic heterocycles. The van der Waals surface area contributed by atoms with Gasteiger partial charge in [-0.25, -0.2) is 4.79 Å². The lowest BCUT2D eigenvalue weighted by atomic mass is 10.2. The molecule has 0 N–H and O–H groups in total. The van der Waals surface area contributed by atoms with Crippen LogP contribution in [0.3, 0.4) is 0 Å². The zero-order valence-electron chi connectivity index (χ0n) is 10.1. The summed E-state index contributed by atoms with van der Waals surface area (Å²) in [6.45, 7) is 6.29. The van der Waals surface area contributed by atoms with E-state index >= 15 is 0 Å². The Morgan fingerprint density at radius 2 is 2.44 bits per heavy atom. The summed E-state index contributed by atoms with van der Waals surface area (Å²) in [5, 5.41) is 0. The highest BCUT2D eigenvalue weighted by molar-refractivity contribution is 6.51. The first-order chi connectivity index (χ1) is 7.72. The highest BCUT2D eigenvalue weighted by Gasteiger charge is 2.16. The van der Waals surface area contributed by atoms with Crippen LogP contribution in [0.5, 0.6) is 0 Å². The molecule has 0 bridgehead atoms. The van der Waals surface area contributed by atoms with Gasteiger partial charge in [-0.05, 0) is 31.9 Å². The van der Waals surface area contributed by atoms with Crippen LogP contribution in [0.2, 0.25) is 12.1 Å². The second-order valence-electron chi connectivity index (χ2n) is 4.37. The summed E-state index contributed by atoms with van der Waals surface area (Å²) in [7, 11) is -0.889. The van der Waals surface area contributed by atoms with Crippen LogP contribution >= 0.6 is 0 Å². The maximum Gasteiger partial charge on any atom is 0.330 e. The lowest BCUT2D eigenvalue weighted by Gasteiger charge is -2.21. The fraction of sp³-hybridized carbons (Fsp3) is 0.750. The summed E-state index contributed by atoms with van der Waals surface area (Å²) < 4.78 is 10.9. The molecule has 0 aromatic carbocycles. The predicted octanol–water partition coefficient (Wildman–Crippen LogP) is 2.42. The topological polar surface area (TPSA) is 35.5 Å². The van der Waals surface area contributed by atoms with Gasteiger partial charge < -0.3 is 9.16 Å². The Balaban J connectivity index is 2.05. The molecule has 3 nitrogen and oxygen atoms in total. The molecule has 0 radical (unpaired) electrons. The van der Waals surface area contributed by atoms with Gasteiger partial charge in [0.2, 0.25) is 0 Å². The van der Waals surface area contributed by atoms with Crippen molar-refractivity contribution in [2.45, 2.75) is 50.8 Å². The molecule has 1 saturated heterocycles. The van der Waals surface area contributed by atoms with Crippen LogP contribution < -0.4 is 0 Å². The van der Waals surface area contributed by atoms with Gasteiger partial charge in [-0.15, -0.1) is 0 Å². The number of carbonyl (C=O) groups is 1. The molecule has 2 atom stereocenters. The molecule has 1 fully saturated rings. The van der Waals surface area contributed by atoms with E-state index in [1.807, 2.05) is 6.92 Å². The smallest absolute Gasteiger partial charge is 0.330 e. The van der Waals surface area contributed by atoms with Crippen molar-refractivity contribution in [3.63, 3.8) is 0 Å². The molecular formula is C12H22O3Si. The van der Waals surface area contributed by atoms with Crippen LogP contribution in [0.25, 0.3) is 0 Å². The van der Waals surface area contributed by atoms with Gasteiger partial charge >= 0.3 is 5.97 Å². The van der Waals surface area contributed by atoms with Gasteiger partial charge in [0.1, 0.15) is 0 Å². The Morgan fingerprint density at radius 1 is 1.62 bits per heavy atom. The zero-order valence-corrected chi connectivity index (χ0v) is 11.3. The third-order valence-corrected chi connectivity index (χ3v) is 5.71. The van der Waals surface area contributed by atoms with Crippen LogP contribution in [0.1, 0.15) is 32.6 Å². The largest absolute Gasteiger partial charge is 0.460 e. The van der Waals surface area contributed by atoms with Crippen molar-refractivity contribution >= 4 is 15.0 Å². The van der Waals surface area contributed by atoms with E-state index in [1.54, 1.807) is 0 Å². The van der Waals surface area contributed by atoms with Gasteiger partial charge in [0.05, 0.1) is 6.10 Å². The number of hydrogen-bond acceptors (Lipinski definition) is 3. The maximum atomic E-state index is 10.9. The third-order valence-electron chi connectivity index (χ3n) is 2.89. The second-order valence-corrected chi connectivity index (χ2v) is 7.10. The monoisotopic (exact) mass is 242 g/mol. The predicted molar refractivity (Wildman–Crippen MR) is 66.9 cm³/mol. The van der Waals surface area contributed by atoms with Gasteiger partial charge in [-0.2, -0.15) is 0 Å². The molecule has 0 spiro atoms. The maximum absolute atomic E-state index is 10.9. The van der Waals surface area contributed by atoms with Crippen molar-refractivity contribution in [1.29, 1.82) is 0 Å². The van der Waals surface area contributed by atoms with E-state index in [-0.39, 0.29) is 12.1 Å². The summed E-state index contributed by atoms with van der Waals surface area (Å²) in [5.41, 5.74) is 0. The standard InChI is InChI=1S/C12H22O3Si/c1-3-12(13)15-11(2)7-6-10-16-9-5-4-8-14-16/h3,11,16H,1,4-10H2,2H3. The lowest BCUT2D eigenvalue weighted by molar-refractivity contribution is -0.142. The second kappa shape index (κ2) is 7.63. The van der Waals surface area contributed by atoms with Gasteiger partial charge in [0.25, 0.3) is 0 Å².